The number of alkyl halides is 6. The summed E-state index contributed by atoms with van der Waals surface area (Å²) in [6.45, 7) is -0.264. The van der Waals surface area contributed by atoms with E-state index in [1.807, 2.05) is 0 Å². The fourth-order valence-corrected chi connectivity index (χ4v) is 2.21. The van der Waals surface area contributed by atoms with Gasteiger partial charge in [-0.1, -0.05) is 30.3 Å². The van der Waals surface area contributed by atoms with E-state index in [2.05, 4.69) is 4.74 Å². The van der Waals surface area contributed by atoms with Gasteiger partial charge in [-0.15, -0.1) is 13.2 Å². The van der Waals surface area contributed by atoms with Crippen LogP contribution in [0.25, 0.3) is 11.1 Å². The van der Waals surface area contributed by atoms with Crippen molar-refractivity contribution in [2.24, 2.45) is 5.73 Å². The highest BCUT2D eigenvalue weighted by atomic mass is 19.4. The van der Waals surface area contributed by atoms with Crippen molar-refractivity contribution in [2.75, 3.05) is 0 Å². The van der Waals surface area contributed by atoms with Crippen molar-refractivity contribution < 1.29 is 31.1 Å². The zero-order valence-corrected chi connectivity index (χ0v) is 11.5. The Morgan fingerprint density at radius 2 is 1.52 bits per heavy atom. The van der Waals surface area contributed by atoms with Crippen LogP contribution in [0.3, 0.4) is 0 Å². The van der Waals surface area contributed by atoms with Crippen LogP contribution < -0.4 is 10.5 Å². The summed E-state index contributed by atoms with van der Waals surface area (Å²) in [4.78, 5) is 0. The normalized spacial score (nSPS) is 12.3. The molecule has 0 aliphatic heterocycles. The summed E-state index contributed by atoms with van der Waals surface area (Å²) < 4.78 is 80.9. The van der Waals surface area contributed by atoms with E-state index >= 15 is 0 Å². The minimum Gasteiger partial charge on any atom is -0.405 e. The average molecular weight is 335 g/mol. The van der Waals surface area contributed by atoms with Gasteiger partial charge in [0.1, 0.15) is 5.75 Å². The third kappa shape index (κ3) is 3.95. The van der Waals surface area contributed by atoms with Crippen molar-refractivity contribution in [1.29, 1.82) is 0 Å². The van der Waals surface area contributed by atoms with Crippen molar-refractivity contribution in [3.63, 3.8) is 0 Å². The number of rotatable bonds is 3. The number of ether oxygens (including phenoxy) is 1. The van der Waals surface area contributed by atoms with Gasteiger partial charge in [-0.25, -0.2) is 0 Å². The lowest BCUT2D eigenvalue weighted by Crippen LogP contribution is -2.18. The molecule has 8 heteroatoms. The highest BCUT2D eigenvalue weighted by Crippen LogP contribution is 2.43. The van der Waals surface area contributed by atoms with Gasteiger partial charge in [0.2, 0.25) is 0 Å². The first-order valence-corrected chi connectivity index (χ1v) is 6.38. The van der Waals surface area contributed by atoms with Crippen LogP contribution >= 0.6 is 0 Å². The highest BCUT2D eigenvalue weighted by molar-refractivity contribution is 5.77. The number of hydrogen-bond acceptors (Lipinski definition) is 2. The summed E-state index contributed by atoms with van der Waals surface area (Å²) in [6, 6.07) is 7.92. The molecule has 23 heavy (non-hydrogen) atoms. The van der Waals surface area contributed by atoms with Crippen molar-refractivity contribution in [3.05, 3.63) is 53.6 Å². The van der Waals surface area contributed by atoms with Gasteiger partial charge in [0.05, 0.1) is 5.56 Å². The van der Waals surface area contributed by atoms with E-state index in [0.717, 1.165) is 24.3 Å². The van der Waals surface area contributed by atoms with Gasteiger partial charge in [0.15, 0.2) is 0 Å². The fourth-order valence-electron chi connectivity index (χ4n) is 2.21. The van der Waals surface area contributed by atoms with Gasteiger partial charge >= 0.3 is 12.5 Å². The standard InChI is InChI=1S/C15H11F6NO/c16-14(17,18)11-6-3-4-9(8-22)13(11)10-5-1-2-7-12(10)23-15(19,20)21/h1-7H,8,22H2. The minimum atomic E-state index is -5.02. The molecule has 2 N–H and O–H groups in total. The van der Waals surface area contributed by atoms with Crippen LogP contribution in [0.1, 0.15) is 11.1 Å². The van der Waals surface area contributed by atoms with Crippen LogP contribution in [0.2, 0.25) is 0 Å². The summed E-state index contributed by atoms with van der Waals surface area (Å²) in [6.07, 6.45) is -9.77. The maximum atomic E-state index is 13.2. The first kappa shape index (κ1) is 17.1. The summed E-state index contributed by atoms with van der Waals surface area (Å²) in [5, 5.41) is 0. The Balaban J connectivity index is 2.72. The molecule has 0 amide bonds. The third-order valence-electron chi connectivity index (χ3n) is 3.06. The molecular weight excluding hydrogens is 324 g/mol. The van der Waals surface area contributed by atoms with Gasteiger partial charge in [-0.05, 0) is 17.7 Å². The topological polar surface area (TPSA) is 35.2 Å². The summed E-state index contributed by atoms with van der Waals surface area (Å²) in [7, 11) is 0. The molecule has 0 radical (unpaired) electrons. The molecule has 0 saturated heterocycles. The summed E-state index contributed by atoms with van der Waals surface area (Å²) in [5.74, 6) is -0.716. The van der Waals surface area contributed by atoms with E-state index in [1.165, 1.54) is 18.2 Å². The van der Waals surface area contributed by atoms with Gasteiger partial charge in [-0.2, -0.15) is 13.2 Å². The first-order chi connectivity index (χ1) is 10.6. The van der Waals surface area contributed by atoms with E-state index in [-0.39, 0.29) is 17.7 Å². The molecule has 0 aromatic heterocycles. The molecule has 0 bridgehead atoms. The lowest BCUT2D eigenvalue weighted by Gasteiger charge is -2.19. The second-order valence-corrected chi connectivity index (χ2v) is 4.59. The molecular formula is C15H11F6NO. The van der Waals surface area contributed by atoms with Gasteiger partial charge in [-0.3, -0.25) is 0 Å². The molecule has 0 unspecified atom stereocenters. The molecule has 2 rings (SSSR count). The van der Waals surface area contributed by atoms with Crippen molar-refractivity contribution >= 4 is 0 Å². The highest BCUT2D eigenvalue weighted by Gasteiger charge is 2.37. The maximum absolute atomic E-state index is 13.2. The quantitative estimate of drug-likeness (QED) is 0.823. The van der Waals surface area contributed by atoms with E-state index in [4.69, 9.17) is 5.73 Å². The number of hydrogen-bond donors (Lipinski definition) is 1. The lowest BCUT2D eigenvalue weighted by atomic mass is 9.93. The predicted octanol–water partition coefficient (Wildman–Crippen LogP) is 4.73. The zero-order valence-electron chi connectivity index (χ0n) is 11.5. The molecule has 0 saturated carbocycles. The van der Waals surface area contributed by atoms with Gasteiger partial charge in [0.25, 0.3) is 0 Å². The smallest absolute Gasteiger partial charge is 0.405 e. The Bertz CT molecular complexity index is 693. The predicted molar refractivity (Wildman–Crippen MR) is 71.5 cm³/mol. The van der Waals surface area contributed by atoms with E-state index in [1.54, 1.807) is 0 Å². The van der Waals surface area contributed by atoms with Crippen LogP contribution in [0.5, 0.6) is 5.75 Å². The largest absolute Gasteiger partial charge is 0.573 e. The SMILES string of the molecule is NCc1cccc(C(F)(F)F)c1-c1ccccc1OC(F)(F)F. The second-order valence-electron chi connectivity index (χ2n) is 4.59. The molecule has 2 aromatic carbocycles. The monoisotopic (exact) mass is 335 g/mol. The van der Waals surface area contributed by atoms with Crippen LogP contribution in [0.4, 0.5) is 26.3 Å². The Labute approximate surface area is 127 Å². The molecule has 0 heterocycles. The molecule has 0 aliphatic rings. The van der Waals surface area contributed by atoms with E-state index in [9.17, 15) is 26.3 Å². The molecule has 2 nitrogen and oxygen atoms in total. The molecule has 0 fully saturated rings. The average Bonchev–Trinajstić information content (AvgIpc) is 2.44. The van der Waals surface area contributed by atoms with Crippen molar-refractivity contribution in [1.82, 2.24) is 0 Å². The molecule has 2 aromatic rings. The maximum Gasteiger partial charge on any atom is 0.573 e. The number of benzene rings is 2. The number of para-hydroxylation sites is 1. The Morgan fingerprint density at radius 3 is 2.09 bits per heavy atom. The number of nitrogens with two attached hydrogens (primary N) is 1. The molecule has 0 aliphatic carbocycles. The van der Waals surface area contributed by atoms with Crippen LogP contribution in [0.15, 0.2) is 42.5 Å². The number of halogens is 6. The molecule has 0 spiro atoms. The van der Waals surface area contributed by atoms with Crippen LogP contribution in [-0.4, -0.2) is 6.36 Å². The van der Waals surface area contributed by atoms with Gasteiger partial charge < -0.3 is 10.5 Å². The first-order valence-electron chi connectivity index (χ1n) is 6.38. The zero-order chi connectivity index (χ0) is 17.3. The Hall–Kier alpha value is -2.22. The van der Waals surface area contributed by atoms with Crippen LogP contribution in [0, 0.1) is 0 Å². The minimum absolute atomic E-state index is 0.0676. The summed E-state index contributed by atoms with van der Waals surface area (Å²) in [5.41, 5.74) is 3.71. The fraction of sp³-hybridized carbons (Fsp3) is 0.200. The Kier molecular flexibility index (Phi) is 4.56. The summed E-state index contributed by atoms with van der Waals surface area (Å²) >= 11 is 0. The second kappa shape index (κ2) is 6.11. The molecule has 124 valence electrons. The van der Waals surface area contributed by atoms with E-state index < -0.39 is 29.4 Å². The van der Waals surface area contributed by atoms with Gasteiger partial charge in [0, 0.05) is 17.7 Å². The van der Waals surface area contributed by atoms with Crippen LogP contribution in [-0.2, 0) is 12.7 Å². The van der Waals surface area contributed by atoms with Crippen molar-refractivity contribution in [3.8, 4) is 16.9 Å². The van der Waals surface area contributed by atoms with Crippen molar-refractivity contribution in [2.45, 2.75) is 19.1 Å². The Morgan fingerprint density at radius 1 is 0.870 bits per heavy atom. The lowest BCUT2D eigenvalue weighted by molar-refractivity contribution is -0.274. The molecule has 0 atom stereocenters. The third-order valence-corrected chi connectivity index (χ3v) is 3.06. The van der Waals surface area contributed by atoms with E-state index in [0.29, 0.717) is 0 Å².